The number of amides is 3. The van der Waals surface area contributed by atoms with Gasteiger partial charge >= 0.3 is 12.0 Å². The maximum absolute atomic E-state index is 12.9. The van der Waals surface area contributed by atoms with Crippen LogP contribution in [-0.4, -0.2) is 46.5 Å². The molecule has 0 atom stereocenters. The summed E-state index contributed by atoms with van der Waals surface area (Å²) in [5.74, 6) is 1.01. The van der Waals surface area contributed by atoms with Crippen molar-refractivity contribution in [3.8, 4) is 0 Å². The summed E-state index contributed by atoms with van der Waals surface area (Å²) in [6, 6.07) is 6.84. The third kappa shape index (κ3) is 4.14. The number of carboxylic acids is 1. The van der Waals surface area contributed by atoms with Crippen LogP contribution < -0.4 is 10.6 Å². The molecule has 5 fully saturated rings. The number of nitrogens with zero attached hydrogens (tertiary/aromatic N) is 1. The fraction of sp³-hybridized carbons (Fsp3) is 0.625. The van der Waals surface area contributed by atoms with Gasteiger partial charge in [-0.15, -0.1) is 0 Å². The SMILES string of the molecule is O=C(Nc1cccc(C(=O)N2CCC(C(=O)O)CC2)c1)NC12CC3CC(CC(C3)C1)C2. The fourth-order valence-electron chi connectivity index (χ4n) is 6.91. The molecule has 7 nitrogen and oxygen atoms in total. The molecule has 3 amide bonds. The number of hydrogen-bond acceptors (Lipinski definition) is 3. The molecule has 1 aromatic carbocycles. The monoisotopic (exact) mass is 425 g/mol. The van der Waals surface area contributed by atoms with Gasteiger partial charge in [-0.2, -0.15) is 0 Å². The van der Waals surface area contributed by atoms with Crippen molar-refractivity contribution in [3.63, 3.8) is 0 Å². The number of urea groups is 1. The number of benzene rings is 1. The first kappa shape index (κ1) is 20.3. The maximum atomic E-state index is 12.9. The molecule has 5 aliphatic rings. The average Bonchev–Trinajstić information content (AvgIpc) is 2.72. The highest BCUT2D eigenvalue weighted by Gasteiger charge is 2.51. The molecule has 166 valence electrons. The lowest BCUT2D eigenvalue weighted by Crippen LogP contribution is -2.60. The van der Waals surface area contributed by atoms with Gasteiger partial charge in [0.2, 0.25) is 0 Å². The lowest BCUT2D eigenvalue weighted by atomic mass is 9.53. The quantitative estimate of drug-likeness (QED) is 0.685. The van der Waals surface area contributed by atoms with Gasteiger partial charge in [-0.3, -0.25) is 9.59 Å². The van der Waals surface area contributed by atoms with Gasteiger partial charge < -0.3 is 20.6 Å². The first-order valence-electron chi connectivity index (χ1n) is 11.6. The lowest BCUT2D eigenvalue weighted by molar-refractivity contribution is -0.143. The van der Waals surface area contributed by atoms with Crippen LogP contribution in [0.1, 0.15) is 61.7 Å². The second-order valence-corrected chi connectivity index (χ2v) is 10.3. The van der Waals surface area contributed by atoms with E-state index in [1.165, 1.54) is 19.3 Å². The minimum atomic E-state index is -0.789. The van der Waals surface area contributed by atoms with Crippen LogP contribution in [0, 0.1) is 23.7 Å². The van der Waals surface area contributed by atoms with Crippen molar-refractivity contribution in [3.05, 3.63) is 29.8 Å². The van der Waals surface area contributed by atoms with Crippen molar-refractivity contribution in [1.29, 1.82) is 0 Å². The highest BCUT2D eigenvalue weighted by atomic mass is 16.4. The summed E-state index contributed by atoms with van der Waals surface area (Å²) in [6.07, 6.45) is 8.23. The Morgan fingerprint density at radius 3 is 2.16 bits per heavy atom. The number of carboxylic acid groups (broad SMARTS) is 1. The first-order chi connectivity index (χ1) is 14.9. The molecular formula is C24H31N3O4. The molecule has 0 aromatic heterocycles. The van der Waals surface area contributed by atoms with Gasteiger partial charge in [0.25, 0.3) is 5.91 Å². The van der Waals surface area contributed by atoms with Crippen molar-refractivity contribution in [2.45, 2.75) is 56.9 Å². The molecule has 0 spiro atoms. The fourth-order valence-corrected chi connectivity index (χ4v) is 6.91. The molecule has 1 aromatic rings. The summed E-state index contributed by atoms with van der Waals surface area (Å²) in [4.78, 5) is 38.5. The molecule has 1 aliphatic heterocycles. The van der Waals surface area contributed by atoms with Crippen molar-refractivity contribution < 1.29 is 19.5 Å². The molecule has 31 heavy (non-hydrogen) atoms. The van der Waals surface area contributed by atoms with Crippen LogP contribution in [0.2, 0.25) is 0 Å². The number of likely N-dealkylation sites (tertiary alicyclic amines) is 1. The van der Waals surface area contributed by atoms with Gasteiger partial charge in [-0.1, -0.05) is 6.07 Å². The summed E-state index contributed by atoms with van der Waals surface area (Å²) >= 11 is 0. The van der Waals surface area contributed by atoms with E-state index in [0.29, 0.717) is 37.2 Å². The van der Waals surface area contributed by atoms with Crippen molar-refractivity contribution in [2.75, 3.05) is 18.4 Å². The van der Waals surface area contributed by atoms with Crippen LogP contribution >= 0.6 is 0 Å². The van der Waals surface area contributed by atoms with Gasteiger partial charge in [-0.05, 0) is 87.3 Å². The Morgan fingerprint density at radius 2 is 1.58 bits per heavy atom. The van der Waals surface area contributed by atoms with Crippen LogP contribution in [0.25, 0.3) is 0 Å². The minimum absolute atomic E-state index is 0.0548. The van der Waals surface area contributed by atoms with Crippen LogP contribution in [0.5, 0.6) is 0 Å². The van der Waals surface area contributed by atoms with Gasteiger partial charge in [0, 0.05) is 29.9 Å². The largest absolute Gasteiger partial charge is 0.481 e. The Kier molecular flexibility index (Phi) is 5.15. The smallest absolute Gasteiger partial charge is 0.319 e. The zero-order valence-electron chi connectivity index (χ0n) is 17.8. The molecule has 4 saturated carbocycles. The van der Waals surface area contributed by atoms with E-state index in [2.05, 4.69) is 10.6 Å². The van der Waals surface area contributed by atoms with Gasteiger partial charge in [0.05, 0.1) is 5.92 Å². The molecule has 1 heterocycles. The topological polar surface area (TPSA) is 98.7 Å². The van der Waals surface area contributed by atoms with E-state index in [1.54, 1.807) is 29.2 Å². The minimum Gasteiger partial charge on any atom is -0.481 e. The van der Waals surface area contributed by atoms with Crippen LogP contribution in [0.4, 0.5) is 10.5 Å². The van der Waals surface area contributed by atoms with Gasteiger partial charge in [0.15, 0.2) is 0 Å². The van der Waals surface area contributed by atoms with Gasteiger partial charge in [0.1, 0.15) is 0 Å². The Labute approximate surface area is 182 Å². The lowest BCUT2D eigenvalue weighted by Gasteiger charge is -2.56. The molecule has 0 radical (unpaired) electrons. The third-order valence-electron chi connectivity index (χ3n) is 7.92. The van der Waals surface area contributed by atoms with E-state index in [9.17, 15) is 14.4 Å². The van der Waals surface area contributed by atoms with Crippen LogP contribution in [0.15, 0.2) is 24.3 Å². The van der Waals surface area contributed by atoms with Gasteiger partial charge in [-0.25, -0.2) is 4.79 Å². The summed E-state index contributed by atoms with van der Waals surface area (Å²) < 4.78 is 0. The maximum Gasteiger partial charge on any atom is 0.319 e. The Morgan fingerprint density at radius 1 is 0.968 bits per heavy atom. The number of aliphatic carboxylic acids is 1. The molecule has 3 N–H and O–H groups in total. The number of carbonyl (C=O) groups excluding carboxylic acids is 2. The molecule has 0 unspecified atom stereocenters. The number of piperidine rings is 1. The summed E-state index contributed by atoms with van der Waals surface area (Å²) in [5, 5.41) is 15.4. The van der Waals surface area contributed by atoms with E-state index in [4.69, 9.17) is 5.11 Å². The average molecular weight is 426 g/mol. The van der Waals surface area contributed by atoms with E-state index in [1.807, 2.05) is 0 Å². The molecule has 4 bridgehead atoms. The summed E-state index contributed by atoms with van der Waals surface area (Å²) in [5.41, 5.74) is 1.07. The Bertz CT molecular complexity index is 855. The molecule has 7 heteroatoms. The predicted molar refractivity (Wildman–Crippen MR) is 116 cm³/mol. The number of rotatable bonds is 4. The molecule has 1 saturated heterocycles. The third-order valence-corrected chi connectivity index (χ3v) is 7.92. The molecule has 4 aliphatic carbocycles. The number of anilines is 1. The highest BCUT2D eigenvalue weighted by molar-refractivity contribution is 5.97. The van der Waals surface area contributed by atoms with E-state index in [-0.39, 0.29) is 23.4 Å². The van der Waals surface area contributed by atoms with Crippen LogP contribution in [0.3, 0.4) is 0 Å². The Hall–Kier alpha value is -2.57. The second kappa shape index (κ2) is 7.84. The number of nitrogens with one attached hydrogen (secondary N) is 2. The van der Waals surface area contributed by atoms with Crippen molar-refractivity contribution in [1.82, 2.24) is 10.2 Å². The normalized spacial score (nSPS) is 32.0. The van der Waals surface area contributed by atoms with Crippen LogP contribution in [-0.2, 0) is 4.79 Å². The van der Waals surface area contributed by atoms with E-state index >= 15 is 0 Å². The number of hydrogen-bond donors (Lipinski definition) is 3. The highest BCUT2D eigenvalue weighted by Crippen LogP contribution is 2.55. The standard InChI is InChI=1S/C24H31N3O4/c28-21(27-6-4-18(5-7-27)22(29)30)19-2-1-3-20(11-19)25-23(31)26-24-12-15-8-16(13-24)10-17(9-15)14-24/h1-3,11,15-18H,4-10,12-14H2,(H,29,30)(H2,25,26,31). The molecular weight excluding hydrogens is 394 g/mol. The number of carbonyl (C=O) groups is 3. The van der Waals surface area contributed by atoms with Crippen molar-refractivity contribution >= 4 is 23.6 Å². The predicted octanol–water partition coefficient (Wildman–Crippen LogP) is 3.71. The summed E-state index contributed by atoms with van der Waals surface area (Å²) in [6.45, 7) is 0.889. The van der Waals surface area contributed by atoms with E-state index in [0.717, 1.165) is 37.0 Å². The Balaban J connectivity index is 1.20. The molecule has 6 rings (SSSR count). The first-order valence-corrected chi connectivity index (χ1v) is 11.6. The van der Waals surface area contributed by atoms with Crippen molar-refractivity contribution in [2.24, 2.45) is 23.7 Å². The second-order valence-electron chi connectivity index (χ2n) is 10.3. The zero-order valence-corrected chi connectivity index (χ0v) is 17.8. The van der Waals surface area contributed by atoms with E-state index < -0.39 is 5.97 Å². The zero-order chi connectivity index (χ0) is 21.6. The summed E-state index contributed by atoms with van der Waals surface area (Å²) in [7, 11) is 0.